The molecule has 0 aliphatic heterocycles. The van der Waals surface area contributed by atoms with Crippen LogP contribution in [0.4, 0.5) is 11.4 Å². The summed E-state index contributed by atoms with van der Waals surface area (Å²) in [5.41, 5.74) is 7.20. The molecule has 0 saturated carbocycles. The van der Waals surface area contributed by atoms with E-state index >= 15 is 0 Å². The fourth-order valence-corrected chi connectivity index (χ4v) is 1.42. The molecule has 1 aromatic carbocycles. The second-order valence-corrected chi connectivity index (χ2v) is 4.34. The zero-order chi connectivity index (χ0) is 13.9. The molecule has 0 aromatic heterocycles. The van der Waals surface area contributed by atoms with Gasteiger partial charge < -0.3 is 11.1 Å². The van der Waals surface area contributed by atoms with Crippen molar-refractivity contribution < 1.29 is 9.72 Å². The van der Waals surface area contributed by atoms with E-state index in [4.69, 9.17) is 5.73 Å². The number of benzene rings is 1. The van der Waals surface area contributed by atoms with E-state index in [9.17, 15) is 14.9 Å². The van der Waals surface area contributed by atoms with Crippen molar-refractivity contribution in [1.82, 2.24) is 0 Å². The summed E-state index contributed by atoms with van der Waals surface area (Å²) in [5, 5.41) is 13.5. The number of nitrogens with zero attached hydrogens (tertiary/aromatic N) is 1. The molecule has 18 heavy (non-hydrogen) atoms. The molecule has 1 atom stereocenters. The number of carbonyl (C=O) groups excluding carboxylic acids is 1. The lowest BCUT2D eigenvalue weighted by molar-refractivity contribution is -0.384. The van der Waals surface area contributed by atoms with Crippen molar-refractivity contribution in [2.75, 3.05) is 11.9 Å². The number of nitrogens with two attached hydrogens (primary N) is 1. The maximum absolute atomic E-state index is 11.7. The SMILES string of the molecule is Cc1cc(NC(=O)C(C)CN)c([N+](=O)[O-])cc1C. The van der Waals surface area contributed by atoms with Gasteiger partial charge in [-0.3, -0.25) is 14.9 Å². The summed E-state index contributed by atoms with van der Waals surface area (Å²) in [7, 11) is 0. The summed E-state index contributed by atoms with van der Waals surface area (Å²) in [6.45, 7) is 5.49. The molecule has 0 radical (unpaired) electrons. The Morgan fingerprint density at radius 1 is 1.44 bits per heavy atom. The second kappa shape index (κ2) is 5.59. The Hall–Kier alpha value is -1.95. The summed E-state index contributed by atoms with van der Waals surface area (Å²) < 4.78 is 0. The van der Waals surface area contributed by atoms with Crippen LogP contribution in [0, 0.1) is 29.9 Å². The van der Waals surface area contributed by atoms with Gasteiger partial charge in [0, 0.05) is 18.5 Å². The second-order valence-electron chi connectivity index (χ2n) is 4.34. The third-order valence-electron chi connectivity index (χ3n) is 2.87. The molecule has 0 aliphatic rings. The number of anilines is 1. The number of nitro groups is 1. The van der Waals surface area contributed by atoms with Gasteiger partial charge in [-0.15, -0.1) is 0 Å². The van der Waals surface area contributed by atoms with E-state index < -0.39 is 4.92 Å². The number of nitro benzene ring substituents is 1. The maximum Gasteiger partial charge on any atom is 0.293 e. The maximum atomic E-state index is 11.7. The van der Waals surface area contributed by atoms with Crippen molar-refractivity contribution in [3.8, 4) is 0 Å². The minimum absolute atomic E-state index is 0.101. The van der Waals surface area contributed by atoms with Crippen molar-refractivity contribution >= 4 is 17.3 Å². The highest BCUT2D eigenvalue weighted by Gasteiger charge is 2.19. The van der Waals surface area contributed by atoms with Crippen LogP contribution in [-0.4, -0.2) is 17.4 Å². The molecule has 6 nitrogen and oxygen atoms in total. The van der Waals surface area contributed by atoms with Gasteiger partial charge in [0.1, 0.15) is 5.69 Å². The van der Waals surface area contributed by atoms with Gasteiger partial charge in [0.25, 0.3) is 5.69 Å². The molecule has 1 rings (SSSR count). The highest BCUT2D eigenvalue weighted by atomic mass is 16.6. The molecule has 6 heteroatoms. The van der Waals surface area contributed by atoms with Crippen LogP contribution in [-0.2, 0) is 4.79 Å². The van der Waals surface area contributed by atoms with E-state index in [2.05, 4.69) is 5.32 Å². The Balaban J connectivity index is 3.11. The number of rotatable bonds is 4. The van der Waals surface area contributed by atoms with Crippen molar-refractivity contribution in [3.05, 3.63) is 33.4 Å². The molecule has 0 aliphatic carbocycles. The van der Waals surface area contributed by atoms with Crippen molar-refractivity contribution in [2.24, 2.45) is 11.7 Å². The molecule has 98 valence electrons. The fraction of sp³-hybridized carbons (Fsp3) is 0.417. The Morgan fingerprint density at radius 3 is 2.50 bits per heavy atom. The predicted octanol–water partition coefficient (Wildman–Crippen LogP) is 1.74. The first-order valence-corrected chi connectivity index (χ1v) is 5.63. The number of hydrogen-bond acceptors (Lipinski definition) is 4. The van der Waals surface area contributed by atoms with Crippen LogP contribution >= 0.6 is 0 Å². The zero-order valence-electron chi connectivity index (χ0n) is 10.7. The standard InChI is InChI=1S/C12H17N3O3/c1-7-4-10(14-12(16)9(3)6-13)11(15(17)18)5-8(7)2/h4-5,9H,6,13H2,1-3H3,(H,14,16). The van der Waals surface area contributed by atoms with E-state index in [-0.39, 0.29) is 29.7 Å². The van der Waals surface area contributed by atoms with Gasteiger partial charge in [-0.2, -0.15) is 0 Å². The van der Waals surface area contributed by atoms with Crippen LogP contribution < -0.4 is 11.1 Å². The quantitative estimate of drug-likeness (QED) is 0.629. The molecule has 1 aromatic rings. The molecule has 1 unspecified atom stereocenters. The van der Waals surface area contributed by atoms with Gasteiger partial charge in [0.15, 0.2) is 0 Å². The number of hydrogen-bond donors (Lipinski definition) is 2. The lowest BCUT2D eigenvalue weighted by Crippen LogP contribution is -2.27. The van der Waals surface area contributed by atoms with E-state index in [1.807, 2.05) is 6.92 Å². The first-order chi connectivity index (χ1) is 8.36. The van der Waals surface area contributed by atoms with Gasteiger partial charge >= 0.3 is 0 Å². The average molecular weight is 251 g/mol. The molecular formula is C12H17N3O3. The fourth-order valence-electron chi connectivity index (χ4n) is 1.42. The van der Waals surface area contributed by atoms with Crippen LogP contribution in [0.5, 0.6) is 0 Å². The summed E-state index contributed by atoms with van der Waals surface area (Å²) in [4.78, 5) is 22.1. The largest absolute Gasteiger partial charge is 0.330 e. The molecule has 0 bridgehead atoms. The highest BCUT2D eigenvalue weighted by molar-refractivity contribution is 5.94. The molecule has 3 N–H and O–H groups in total. The van der Waals surface area contributed by atoms with Gasteiger partial charge in [-0.25, -0.2) is 0 Å². The van der Waals surface area contributed by atoms with Gasteiger partial charge in [0.2, 0.25) is 5.91 Å². The summed E-state index contributed by atoms with van der Waals surface area (Å²) in [5.74, 6) is -0.699. The Bertz CT molecular complexity index is 486. The topological polar surface area (TPSA) is 98.3 Å². The minimum atomic E-state index is -0.505. The average Bonchev–Trinajstić information content (AvgIpc) is 2.31. The van der Waals surface area contributed by atoms with Gasteiger partial charge in [-0.1, -0.05) is 6.92 Å². The Morgan fingerprint density at radius 2 is 2.00 bits per heavy atom. The Labute approximate surface area is 105 Å². The highest BCUT2D eigenvalue weighted by Crippen LogP contribution is 2.28. The number of nitrogens with one attached hydrogen (secondary N) is 1. The van der Waals surface area contributed by atoms with Gasteiger partial charge in [0.05, 0.1) is 4.92 Å². The lowest BCUT2D eigenvalue weighted by Gasteiger charge is -2.11. The third kappa shape index (κ3) is 3.04. The van der Waals surface area contributed by atoms with Crippen molar-refractivity contribution in [1.29, 1.82) is 0 Å². The van der Waals surface area contributed by atoms with Crippen LogP contribution in [0.2, 0.25) is 0 Å². The monoisotopic (exact) mass is 251 g/mol. The van der Waals surface area contributed by atoms with Crippen LogP contribution in [0.15, 0.2) is 12.1 Å². The van der Waals surface area contributed by atoms with E-state index in [1.54, 1.807) is 19.9 Å². The van der Waals surface area contributed by atoms with Crippen LogP contribution in [0.25, 0.3) is 0 Å². The molecule has 1 amide bonds. The summed E-state index contributed by atoms with van der Waals surface area (Å²) >= 11 is 0. The van der Waals surface area contributed by atoms with E-state index in [1.165, 1.54) is 6.07 Å². The van der Waals surface area contributed by atoms with Gasteiger partial charge in [-0.05, 0) is 31.0 Å². The molecular weight excluding hydrogens is 234 g/mol. The summed E-state index contributed by atoms with van der Waals surface area (Å²) in [6.07, 6.45) is 0. The number of carbonyl (C=O) groups is 1. The molecule has 0 fully saturated rings. The van der Waals surface area contributed by atoms with E-state index in [0.717, 1.165) is 11.1 Å². The lowest BCUT2D eigenvalue weighted by atomic mass is 10.1. The zero-order valence-corrected chi connectivity index (χ0v) is 10.7. The third-order valence-corrected chi connectivity index (χ3v) is 2.87. The first-order valence-electron chi connectivity index (χ1n) is 5.63. The van der Waals surface area contributed by atoms with E-state index in [0.29, 0.717) is 0 Å². The Kier molecular flexibility index (Phi) is 4.38. The molecule has 0 spiro atoms. The summed E-state index contributed by atoms with van der Waals surface area (Å²) in [6, 6.07) is 3.06. The predicted molar refractivity (Wildman–Crippen MR) is 69.4 cm³/mol. The number of amides is 1. The number of aryl methyl sites for hydroxylation is 2. The van der Waals surface area contributed by atoms with Crippen molar-refractivity contribution in [3.63, 3.8) is 0 Å². The minimum Gasteiger partial charge on any atom is -0.330 e. The van der Waals surface area contributed by atoms with Crippen LogP contribution in [0.1, 0.15) is 18.1 Å². The first kappa shape index (κ1) is 14.1. The van der Waals surface area contributed by atoms with Crippen molar-refractivity contribution in [2.45, 2.75) is 20.8 Å². The molecule has 0 saturated heterocycles. The smallest absolute Gasteiger partial charge is 0.293 e. The molecule has 0 heterocycles. The van der Waals surface area contributed by atoms with Crippen LogP contribution in [0.3, 0.4) is 0 Å². The normalized spacial score (nSPS) is 12.0.